The van der Waals surface area contributed by atoms with E-state index in [-0.39, 0.29) is 6.03 Å². The van der Waals surface area contributed by atoms with Crippen LogP contribution in [0.3, 0.4) is 0 Å². The number of urea groups is 1. The molecule has 1 rings (SSSR count). The maximum absolute atomic E-state index is 11.4. The Hall–Kier alpha value is -2.56. The van der Waals surface area contributed by atoms with Gasteiger partial charge in [-0.15, -0.1) is 6.58 Å². The number of amides is 2. The molecule has 0 heterocycles. The zero-order chi connectivity index (χ0) is 14.1. The van der Waals surface area contributed by atoms with Crippen LogP contribution in [0.1, 0.15) is 12.0 Å². The van der Waals surface area contributed by atoms with Crippen molar-refractivity contribution in [3.8, 4) is 0 Å². The fourth-order valence-electron chi connectivity index (χ4n) is 1.31. The Morgan fingerprint density at radius 2 is 1.95 bits per heavy atom. The van der Waals surface area contributed by atoms with E-state index in [9.17, 15) is 9.59 Å². The first kappa shape index (κ1) is 14.5. The highest BCUT2D eigenvalue weighted by molar-refractivity contribution is 5.89. The monoisotopic (exact) mass is 260 g/mol. The molecular weight excluding hydrogens is 244 g/mol. The molecule has 0 bridgehead atoms. The van der Waals surface area contributed by atoms with Crippen molar-refractivity contribution in [2.75, 3.05) is 11.9 Å². The van der Waals surface area contributed by atoms with Crippen molar-refractivity contribution in [1.82, 2.24) is 5.32 Å². The van der Waals surface area contributed by atoms with Gasteiger partial charge in [-0.25, -0.2) is 9.59 Å². The summed E-state index contributed by atoms with van der Waals surface area (Å²) >= 11 is 0. The largest absolute Gasteiger partial charge is 0.478 e. The topological polar surface area (TPSA) is 78.4 Å². The first-order valence-corrected chi connectivity index (χ1v) is 5.78. The van der Waals surface area contributed by atoms with Crippen LogP contribution in [0.2, 0.25) is 0 Å². The summed E-state index contributed by atoms with van der Waals surface area (Å²) in [5.41, 5.74) is 1.39. The minimum atomic E-state index is -0.996. The lowest BCUT2D eigenvalue weighted by Crippen LogP contribution is -2.29. The first-order valence-electron chi connectivity index (χ1n) is 5.78. The predicted molar refractivity (Wildman–Crippen MR) is 74.9 cm³/mol. The minimum absolute atomic E-state index is 0.282. The summed E-state index contributed by atoms with van der Waals surface area (Å²) < 4.78 is 0. The van der Waals surface area contributed by atoms with Crippen LogP contribution in [-0.4, -0.2) is 23.7 Å². The van der Waals surface area contributed by atoms with Crippen LogP contribution in [0.15, 0.2) is 43.0 Å². The standard InChI is InChI=1S/C14H16N2O3/c1-2-3-10-15-14(19)16-12-7-4-11(5-8-12)6-9-13(17)18/h2,4-9H,1,3,10H2,(H,17,18)(H2,15,16,19)/b9-6+. The Balaban J connectivity index is 2.50. The molecule has 100 valence electrons. The van der Waals surface area contributed by atoms with Crippen LogP contribution in [0, 0.1) is 0 Å². The van der Waals surface area contributed by atoms with Gasteiger partial charge in [0.25, 0.3) is 0 Å². The maximum atomic E-state index is 11.4. The number of aliphatic carboxylic acids is 1. The van der Waals surface area contributed by atoms with E-state index >= 15 is 0 Å². The Kier molecular flexibility index (Phi) is 5.88. The van der Waals surface area contributed by atoms with Crippen molar-refractivity contribution in [2.45, 2.75) is 6.42 Å². The Labute approximate surface area is 111 Å². The third-order valence-corrected chi connectivity index (χ3v) is 2.22. The van der Waals surface area contributed by atoms with E-state index in [1.165, 1.54) is 6.08 Å². The quantitative estimate of drug-likeness (QED) is 0.417. The van der Waals surface area contributed by atoms with Gasteiger partial charge in [0, 0.05) is 18.3 Å². The highest BCUT2D eigenvalue weighted by atomic mass is 16.4. The summed E-state index contributed by atoms with van der Waals surface area (Å²) in [6.45, 7) is 4.10. The normalized spacial score (nSPS) is 10.1. The second-order valence-electron chi connectivity index (χ2n) is 3.75. The van der Waals surface area contributed by atoms with Crippen LogP contribution in [-0.2, 0) is 4.79 Å². The Bertz CT molecular complexity index is 478. The van der Waals surface area contributed by atoms with E-state index in [0.717, 1.165) is 11.6 Å². The number of carboxylic acid groups (broad SMARTS) is 1. The van der Waals surface area contributed by atoms with Gasteiger partial charge >= 0.3 is 12.0 Å². The number of benzene rings is 1. The molecule has 0 aliphatic rings. The van der Waals surface area contributed by atoms with Gasteiger partial charge in [-0.05, 0) is 30.2 Å². The van der Waals surface area contributed by atoms with Gasteiger partial charge in [0.1, 0.15) is 0 Å². The summed E-state index contributed by atoms with van der Waals surface area (Å²) in [6, 6.07) is 6.57. The smallest absolute Gasteiger partial charge is 0.328 e. The van der Waals surface area contributed by atoms with Gasteiger partial charge in [-0.2, -0.15) is 0 Å². The van der Waals surface area contributed by atoms with E-state index < -0.39 is 5.97 Å². The molecule has 5 nitrogen and oxygen atoms in total. The van der Waals surface area contributed by atoms with Crippen LogP contribution in [0.5, 0.6) is 0 Å². The molecule has 1 aromatic carbocycles. The third-order valence-electron chi connectivity index (χ3n) is 2.22. The Morgan fingerprint density at radius 1 is 1.26 bits per heavy atom. The molecule has 2 amide bonds. The molecule has 0 aromatic heterocycles. The van der Waals surface area contributed by atoms with Crippen molar-refractivity contribution in [2.24, 2.45) is 0 Å². The van der Waals surface area contributed by atoms with E-state index in [1.54, 1.807) is 30.3 Å². The number of rotatable bonds is 6. The molecule has 1 aromatic rings. The van der Waals surface area contributed by atoms with Crippen molar-refractivity contribution < 1.29 is 14.7 Å². The predicted octanol–water partition coefficient (Wildman–Crippen LogP) is 2.48. The van der Waals surface area contributed by atoms with Gasteiger partial charge in [-0.3, -0.25) is 0 Å². The molecule has 0 atom stereocenters. The molecule has 0 unspecified atom stereocenters. The molecule has 3 N–H and O–H groups in total. The molecule has 0 aliphatic carbocycles. The molecule has 0 fully saturated rings. The van der Waals surface area contributed by atoms with Gasteiger partial charge in [0.15, 0.2) is 0 Å². The molecular formula is C14H16N2O3. The number of carbonyl (C=O) groups is 2. The number of carbonyl (C=O) groups excluding carboxylic acids is 1. The summed E-state index contributed by atoms with van der Waals surface area (Å²) in [5.74, 6) is -0.996. The van der Waals surface area contributed by atoms with Gasteiger partial charge in [0.2, 0.25) is 0 Å². The fourth-order valence-corrected chi connectivity index (χ4v) is 1.31. The average Bonchev–Trinajstić information content (AvgIpc) is 2.38. The molecule has 0 saturated carbocycles. The zero-order valence-corrected chi connectivity index (χ0v) is 10.4. The summed E-state index contributed by atoms with van der Waals surface area (Å²) in [7, 11) is 0. The van der Waals surface area contributed by atoms with Gasteiger partial charge < -0.3 is 15.7 Å². The number of hydrogen-bond donors (Lipinski definition) is 3. The van der Waals surface area contributed by atoms with Gasteiger partial charge in [0.05, 0.1) is 0 Å². The van der Waals surface area contributed by atoms with Crippen molar-refractivity contribution >= 4 is 23.8 Å². The zero-order valence-electron chi connectivity index (χ0n) is 10.4. The minimum Gasteiger partial charge on any atom is -0.478 e. The lowest BCUT2D eigenvalue weighted by molar-refractivity contribution is -0.131. The van der Waals surface area contributed by atoms with E-state index in [0.29, 0.717) is 18.7 Å². The third kappa shape index (κ3) is 6.07. The van der Waals surface area contributed by atoms with Crippen LogP contribution in [0.4, 0.5) is 10.5 Å². The van der Waals surface area contributed by atoms with Crippen LogP contribution in [0.25, 0.3) is 6.08 Å². The number of carboxylic acids is 1. The highest BCUT2D eigenvalue weighted by Crippen LogP contribution is 2.10. The lowest BCUT2D eigenvalue weighted by Gasteiger charge is -2.06. The van der Waals surface area contributed by atoms with Crippen molar-refractivity contribution in [3.63, 3.8) is 0 Å². The van der Waals surface area contributed by atoms with E-state index in [1.807, 2.05) is 0 Å². The van der Waals surface area contributed by atoms with E-state index in [4.69, 9.17) is 5.11 Å². The molecule has 0 aliphatic heterocycles. The number of hydrogen-bond acceptors (Lipinski definition) is 2. The van der Waals surface area contributed by atoms with Crippen molar-refractivity contribution in [1.29, 1.82) is 0 Å². The summed E-state index contributed by atoms with van der Waals surface area (Å²) in [6.07, 6.45) is 4.98. The first-order chi connectivity index (χ1) is 9.11. The highest BCUT2D eigenvalue weighted by Gasteiger charge is 1.99. The second kappa shape index (κ2) is 7.71. The summed E-state index contributed by atoms with van der Waals surface area (Å²) in [4.78, 5) is 21.8. The lowest BCUT2D eigenvalue weighted by atomic mass is 10.2. The Morgan fingerprint density at radius 3 is 2.53 bits per heavy atom. The molecule has 0 saturated heterocycles. The average molecular weight is 260 g/mol. The maximum Gasteiger partial charge on any atom is 0.328 e. The second-order valence-corrected chi connectivity index (χ2v) is 3.75. The van der Waals surface area contributed by atoms with Crippen LogP contribution >= 0.6 is 0 Å². The molecule has 0 spiro atoms. The molecule has 0 radical (unpaired) electrons. The van der Waals surface area contributed by atoms with Crippen LogP contribution < -0.4 is 10.6 Å². The number of anilines is 1. The fraction of sp³-hybridized carbons (Fsp3) is 0.143. The van der Waals surface area contributed by atoms with Crippen molar-refractivity contribution in [3.05, 3.63) is 48.6 Å². The number of nitrogens with one attached hydrogen (secondary N) is 2. The molecule has 19 heavy (non-hydrogen) atoms. The molecule has 5 heteroatoms. The van der Waals surface area contributed by atoms with E-state index in [2.05, 4.69) is 17.2 Å². The summed E-state index contributed by atoms with van der Waals surface area (Å²) in [5, 5.41) is 13.8. The SMILES string of the molecule is C=CCCNC(=O)Nc1ccc(/C=C/C(=O)O)cc1. The van der Waals surface area contributed by atoms with Gasteiger partial charge in [-0.1, -0.05) is 18.2 Å².